The third-order valence-corrected chi connectivity index (χ3v) is 1.96. The minimum Gasteiger partial charge on any atom is -0.444 e. The number of rotatable bonds is 3. The van der Waals surface area contributed by atoms with Crippen LogP contribution in [0.4, 0.5) is 18.0 Å². The van der Waals surface area contributed by atoms with Gasteiger partial charge in [0, 0.05) is 6.04 Å². The van der Waals surface area contributed by atoms with Crippen LogP contribution in [-0.2, 0) is 4.74 Å². The third-order valence-electron chi connectivity index (χ3n) is 1.96. The first-order chi connectivity index (χ1) is 7.41. The van der Waals surface area contributed by atoms with Crippen molar-refractivity contribution < 1.29 is 22.7 Å². The minimum absolute atomic E-state index is 0.316. The fraction of sp³-hybridized carbons (Fsp3) is 0.909. The zero-order valence-electron chi connectivity index (χ0n) is 10.8. The van der Waals surface area contributed by atoms with Crippen LogP contribution in [0.3, 0.4) is 0 Å². The highest BCUT2D eigenvalue weighted by molar-refractivity contribution is 5.68. The van der Waals surface area contributed by atoms with Gasteiger partial charge in [-0.05, 0) is 26.7 Å². The van der Waals surface area contributed by atoms with E-state index in [0.717, 1.165) is 0 Å². The first-order valence-corrected chi connectivity index (χ1v) is 5.47. The Morgan fingerprint density at radius 1 is 1.24 bits per heavy atom. The Hall–Kier alpha value is -0.940. The van der Waals surface area contributed by atoms with Crippen molar-refractivity contribution >= 4 is 6.09 Å². The van der Waals surface area contributed by atoms with Crippen LogP contribution in [0.25, 0.3) is 0 Å². The van der Waals surface area contributed by atoms with Crippen LogP contribution < -0.4 is 5.32 Å². The molecule has 0 heterocycles. The smallest absolute Gasteiger partial charge is 0.407 e. The molecule has 0 aliphatic rings. The normalized spacial score (nSPS) is 14.6. The molecule has 1 unspecified atom stereocenters. The van der Waals surface area contributed by atoms with Crippen LogP contribution in [0.5, 0.6) is 0 Å². The third kappa shape index (κ3) is 8.83. The molecule has 1 atom stereocenters. The van der Waals surface area contributed by atoms with E-state index >= 15 is 0 Å². The molecule has 1 amide bonds. The van der Waals surface area contributed by atoms with E-state index in [0.29, 0.717) is 0 Å². The number of carbonyl (C=O) groups is 1. The second-order valence-electron chi connectivity index (χ2n) is 5.32. The molecule has 1 N–H and O–H groups in total. The SMILES string of the molecule is CC(C)C(CC(F)(F)F)NC(=O)OC(C)(C)C. The van der Waals surface area contributed by atoms with Crippen molar-refractivity contribution in [3.8, 4) is 0 Å². The molecule has 102 valence electrons. The van der Waals surface area contributed by atoms with E-state index in [1.54, 1.807) is 34.6 Å². The van der Waals surface area contributed by atoms with Crippen molar-refractivity contribution in [3.63, 3.8) is 0 Å². The lowest BCUT2D eigenvalue weighted by Gasteiger charge is -2.26. The highest BCUT2D eigenvalue weighted by Crippen LogP contribution is 2.24. The molecule has 17 heavy (non-hydrogen) atoms. The lowest BCUT2D eigenvalue weighted by atomic mass is 10.0. The molecule has 0 aliphatic carbocycles. The average Bonchev–Trinajstić information content (AvgIpc) is 1.95. The number of nitrogens with one attached hydrogen (secondary N) is 1. The summed E-state index contributed by atoms with van der Waals surface area (Å²) in [5, 5.41) is 2.25. The minimum atomic E-state index is -4.30. The summed E-state index contributed by atoms with van der Waals surface area (Å²) in [6.07, 6.45) is -6.17. The van der Waals surface area contributed by atoms with E-state index in [2.05, 4.69) is 5.32 Å². The molecule has 0 saturated heterocycles. The monoisotopic (exact) mass is 255 g/mol. The molecule has 0 radical (unpaired) electrons. The first kappa shape index (κ1) is 16.1. The topological polar surface area (TPSA) is 38.3 Å². The van der Waals surface area contributed by atoms with Gasteiger partial charge in [-0.1, -0.05) is 13.8 Å². The number of hydrogen-bond donors (Lipinski definition) is 1. The zero-order chi connectivity index (χ0) is 13.9. The fourth-order valence-electron chi connectivity index (χ4n) is 1.16. The lowest BCUT2D eigenvalue weighted by molar-refractivity contribution is -0.142. The van der Waals surface area contributed by atoms with E-state index < -0.39 is 30.3 Å². The summed E-state index contributed by atoms with van der Waals surface area (Å²) in [5.74, 6) is -0.316. The summed E-state index contributed by atoms with van der Waals surface area (Å²) in [6, 6.07) is -0.968. The van der Waals surface area contributed by atoms with Gasteiger partial charge >= 0.3 is 12.3 Å². The second kappa shape index (κ2) is 5.60. The van der Waals surface area contributed by atoms with Gasteiger partial charge in [0.05, 0.1) is 6.42 Å². The van der Waals surface area contributed by atoms with Crippen LogP contribution in [0.15, 0.2) is 0 Å². The van der Waals surface area contributed by atoms with Crippen molar-refractivity contribution in [3.05, 3.63) is 0 Å². The van der Waals surface area contributed by atoms with Crippen LogP contribution in [0.2, 0.25) is 0 Å². The summed E-state index contributed by atoms with van der Waals surface area (Å²) >= 11 is 0. The van der Waals surface area contributed by atoms with Crippen molar-refractivity contribution in [2.24, 2.45) is 5.92 Å². The highest BCUT2D eigenvalue weighted by atomic mass is 19.4. The van der Waals surface area contributed by atoms with Crippen molar-refractivity contribution in [2.45, 2.75) is 58.9 Å². The number of hydrogen-bond acceptors (Lipinski definition) is 2. The largest absolute Gasteiger partial charge is 0.444 e. The number of ether oxygens (including phenoxy) is 1. The van der Waals surface area contributed by atoms with Gasteiger partial charge in [0.1, 0.15) is 5.60 Å². The van der Waals surface area contributed by atoms with Gasteiger partial charge in [0.15, 0.2) is 0 Å². The molecule has 3 nitrogen and oxygen atoms in total. The Labute approximate surface area is 99.7 Å². The standard InChI is InChI=1S/C11H20F3NO2/c1-7(2)8(6-11(12,13)14)15-9(16)17-10(3,4)5/h7-8H,6H2,1-5H3,(H,15,16). The van der Waals surface area contributed by atoms with E-state index in [-0.39, 0.29) is 5.92 Å². The molecule has 0 aromatic rings. The summed E-state index contributed by atoms with van der Waals surface area (Å²) in [7, 11) is 0. The summed E-state index contributed by atoms with van der Waals surface area (Å²) < 4.78 is 41.7. The van der Waals surface area contributed by atoms with E-state index in [1.807, 2.05) is 0 Å². The van der Waals surface area contributed by atoms with Gasteiger partial charge in [-0.25, -0.2) is 4.79 Å². The van der Waals surface area contributed by atoms with Crippen LogP contribution in [0.1, 0.15) is 41.0 Å². The molecule has 6 heteroatoms. The van der Waals surface area contributed by atoms with Gasteiger partial charge in [-0.15, -0.1) is 0 Å². The van der Waals surface area contributed by atoms with Crippen LogP contribution in [0, 0.1) is 5.92 Å². The van der Waals surface area contributed by atoms with Gasteiger partial charge in [-0.2, -0.15) is 13.2 Å². The summed E-state index contributed by atoms with van der Waals surface area (Å²) in [4.78, 5) is 11.4. The number of carbonyl (C=O) groups excluding carboxylic acids is 1. The maximum absolute atomic E-state index is 12.3. The Morgan fingerprint density at radius 2 is 1.71 bits per heavy atom. The van der Waals surface area contributed by atoms with Gasteiger partial charge in [0.25, 0.3) is 0 Å². The predicted molar refractivity (Wildman–Crippen MR) is 58.7 cm³/mol. The molecule has 0 fully saturated rings. The molecular weight excluding hydrogens is 235 g/mol. The number of amides is 1. The lowest BCUT2D eigenvalue weighted by Crippen LogP contribution is -2.43. The maximum Gasteiger partial charge on any atom is 0.407 e. The Balaban J connectivity index is 4.41. The summed E-state index contributed by atoms with van der Waals surface area (Å²) in [6.45, 7) is 8.20. The Morgan fingerprint density at radius 3 is 2.00 bits per heavy atom. The van der Waals surface area contributed by atoms with Crippen LogP contribution in [-0.4, -0.2) is 23.9 Å². The van der Waals surface area contributed by atoms with Crippen LogP contribution >= 0.6 is 0 Å². The molecule has 0 saturated carbocycles. The molecule has 0 aromatic carbocycles. The number of alkyl halides is 3. The maximum atomic E-state index is 12.3. The van der Waals surface area contributed by atoms with E-state index in [1.165, 1.54) is 0 Å². The number of halogens is 3. The fourth-order valence-corrected chi connectivity index (χ4v) is 1.16. The van der Waals surface area contributed by atoms with Gasteiger partial charge in [0.2, 0.25) is 0 Å². The van der Waals surface area contributed by atoms with E-state index in [9.17, 15) is 18.0 Å². The zero-order valence-corrected chi connectivity index (χ0v) is 10.8. The number of alkyl carbamates (subject to hydrolysis) is 1. The van der Waals surface area contributed by atoms with Crippen molar-refractivity contribution in [1.82, 2.24) is 5.32 Å². The highest BCUT2D eigenvalue weighted by Gasteiger charge is 2.34. The van der Waals surface area contributed by atoms with Gasteiger partial charge in [-0.3, -0.25) is 0 Å². The second-order valence-corrected chi connectivity index (χ2v) is 5.32. The summed E-state index contributed by atoms with van der Waals surface area (Å²) in [5.41, 5.74) is -0.718. The molecule has 0 bridgehead atoms. The average molecular weight is 255 g/mol. The quantitative estimate of drug-likeness (QED) is 0.838. The van der Waals surface area contributed by atoms with Crippen molar-refractivity contribution in [2.75, 3.05) is 0 Å². The van der Waals surface area contributed by atoms with Crippen molar-refractivity contribution in [1.29, 1.82) is 0 Å². The molecule has 0 rings (SSSR count). The molecule has 0 aromatic heterocycles. The molecule has 0 aliphatic heterocycles. The van der Waals surface area contributed by atoms with E-state index in [4.69, 9.17) is 4.74 Å². The Bertz CT molecular complexity index is 256. The molecular formula is C11H20F3NO2. The Kier molecular flexibility index (Phi) is 5.29. The molecule has 0 spiro atoms. The predicted octanol–water partition coefficient (Wildman–Crippen LogP) is 3.49. The first-order valence-electron chi connectivity index (χ1n) is 5.47. The van der Waals surface area contributed by atoms with Gasteiger partial charge < -0.3 is 10.1 Å².